The average molecular weight is 284 g/mol. The maximum absolute atomic E-state index is 12.0. The number of carboxylic acids is 1. The lowest BCUT2D eigenvalue weighted by molar-refractivity contribution is -0.137. The molecule has 0 aromatic carbocycles. The summed E-state index contributed by atoms with van der Waals surface area (Å²) in [6, 6.07) is 0.159. The maximum atomic E-state index is 12.0. The van der Waals surface area contributed by atoms with Crippen LogP contribution < -0.4 is 5.32 Å². The Kier molecular flexibility index (Phi) is 4.41. The molecule has 1 fully saturated rings. The number of nitrogens with zero attached hydrogens (tertiary/aromatic N) is 3. The fraction of sp³-hybridized carbons (Fsp3) is 0.636. The van der Waals surface area contributed by atoms with Gasteiger partial charge in [0.2, 0.25) is 0 Å². The quantitative estimate of drug-likeness (QED) is 0.811. The molecule has 2 atom stereocenters. The zero-order chi connectivity index (χ0) is 13.8. The normalized spacial score (nSPS) is 22.4. The summed E-state index contributed by atoms with van der Waals surface area (Å²) >= 11 is 1.76. The van der Waals surface area contributed by atoms with Gasteiger partial charge in [-0.25, -0.2) is 4.68 Å². The SMILES string of the molecule is CSC1CCCC1NC(=O)c1cn(CC(=O)O)nn1. The smallest absolute Gasteiger partial charge is 0.325 e. The van der Waals surface area contributed by atoms with Crippen LogP contribution in [0.2, 0.25) is 0 Å². The lowest BCUT2D eigenvalue weighted by atomic mass is 10.2. The number of carbonyl (C=O) groups is 2. The summed E-state index contributed by atoms with van der Waals surface area (Å²) in [5.41, 5.74) is 0.160. The van der Waals surface area contributed by atoms with Crippen LogP contribution in [-0.2, 0) is 11.3 Å². The fourth-order valence-electron chi connectivity index (χ4n) is 2.23. The zero-order valence-electron chi connectivity index (χ0n) is 10.6. The van der Waals surface area contributed by atoms with Crippen LogP contribution in [0.1, 0.15) is 29.8 Å². The number of carboxylic acid groups (broad SMARTS) is 1. The predicted octanol–water partition coefficient (Wildman–Crippen LogP) is 0.377. The Morgan fingerprint density at radius 1 is 1.58 bits per heavy atom. The predicted molar refractivity (Wildman–Crippen MR) is 70.1 cm³/mol. The molecule has 0 spiro atoms. The van der Waals surface area contributed by atoms with E-state index in [9.17, 15) is 9.59 Å². The Hall–Kier alpha value is -1.57. The lowest BCUT2D eigenvalue weighted by Gasteiger charge is -2.18. The molecule has 7 nitrogen and oxygen atoms in total. The first-order chi connectivity index (χ1) is 9.10. The second kappa shape index (κ2) is 6.05. The molecule has 2 rings (SSSR count). The monoisotopic (exact) mass is 284 g/mol. The standard InChI is InChI=1S/C11H16N4O3S/c1-19-9-4-2-3-7(9)12-11(18)8-5-15(14-13-8)6-10(16)17/h5,7,9H,2-4,6H2,1H3,(H,12,18)(H,16,17). The number of amides is 1. The van der Waals surface area contributed by atoms with Crippen LogP contribution in [0.25, 0.3) is 0 Å². The lowest BCUT2D eigenvalue weighted by Crippen LogP contribution is -2.38. The molecule has 1 heterocycles. The third kappa shape index (κ3) is 3.46. The Balaban J connectivity index is 1.96. The van der Waals surface area contributed by atoms with Crippen LogP contribution in [0.3, 0.4) is 0 Å². The summed E-state index contributed by atoms with van der Waals surface area (Å²) in [6.45, 7) is -0.294. The van der Waals surface area contributed by atoms with E-state index in [0.717, 1.165) is 23.9 Å². The van der Waals surface area contributed by atoms with Crippen molar-refractivity contribution in [2.24, 2.45) is 0 Å². The van der Waals surface area contributed by atoms with Gasteiger partial charge in [0.25, 0.3) is 5.91 Å². The van der Waals surface area contributed by atoms with Crippen molar-refractivity contribution in [1.29, 1.82) is 0 Å². The minimum atomic E-state index is -1.02. The third-order valence-corrected chi connectivity index (χ3v) is 4.31. The van der Waals surface area contributed by atoms with Crippen molar-refractivity contribution < 1.29 is 14.7 Å². The molecule has 1 amide bonds. The van der Waals surface area contributed by atoms with Gasteiger partial charge in [-0.3, -0.25) is 9.59 Å². The molecule has 1 aromatic rings. The van der Waals surface area contributed by atoms with Gasteiger partial charge in [0, 0.05) is 11.3 Å². The Morgan fingerprint density at radius 2 is 2.37 bits per heavy atom. The van der Waals surface area contributed by atoms with Crippen LogP contribution in [0.5, 0.6) is 0 Å². The van der Waals surface area contributed by atoms with Crippen molar-refractivity contribution >= 4 is 23.6 Å². The first-order valence-electron chi connectivity index (χ1n) is 6.05. The van der Waals surface area contributed by atoms with Gasteiger partial charge >= 0.3 is 5.97 Å². The molecule has 8 heteroatoms. The van der Waals surface area contributed by atoms with Crippen molar-refractivity contribution in [3.8, 4) is 0 Å². The third-order valence-electron chi connectivity index (χ3n) is 3.14. The summed E-state index contributed by atoms with van der Waals surface area (Å²) in [5, 5.41) is 19.3. The van der Waals surface area contributed by atoms with E-state index in [4.69, 9.17) is 5.11 Å². The van der Waals surface area contributed by atoms with Gasteiger partial charge in [-0.2, -0.15) is 11.8 Å². The van der Waals surface area contributed by atoms with Crippen molar-refractivity contribution in [3.05, 3.63) is 11.9 Å². The van der Waals surface area contributed by atoms with Crippen molar-refractivity contribution in [1.82, 2.24) is 20.3 Å². The second-order valence-corrected chi connectivity index (χ2v) is 5.56. The van der Waals surface area contributed by atoms with E-state index in [1.807, 2.05) is 6.26 Å². The molecule has 1 aliphatic carbocycles. The molecule has 104 valence electrons. The molecular formula is C11H16N4O3S. The maximum Gasteiger partial charge on any atom is 0.325 e. The molecular weight excluding hydrogens is 268 g/mol. The molecule has 19 heavy (non-hydrogen) atoms. The fourth-order valence-corrected chi connectivity index (χ4v) is 3.17. The van der Waals surface area contributed by atoms with Gasteiger partial charge in [-0.15, -0.1) is 5.10 Å². The van der Waals surface area contributed by atoms with E-state index in [0.29, 0.717) is 5.25 Å². The van der Waals surface area contributed by atoms with E-state index in [1.165, 1.54) is 6.20 Å². The summed E-state index contributed by atoms with van der Waals surface area (Å²) in [7, 11) is 0. The molecule has 2 N–H and O–H groups in total. The summed E-state index contributed by atoms with van der Waals surface area (Å²) in [4.78, 5) is 22.5. The Labute approximate surface area is 114 Å². The highest BCUT2D eigenvalue weighted by Crippen LogP contribution is 2.28. The highest BCUT2D eigenvalue weighted by atomic mass is 32.2. The summed E-state index contributed by atoms with van der Waals surface area (Å²) in [6.07, 6.45) is 6.59. The van der Waals surface area contributed by atoms with E-state index >= 15 is 0 Å². The average Bonchev–Trinajstić information content (AvgIpc) is 2.97. The van der Waals surface area contributed by atoms with Crippen LogP contribution >= 0.6 is 11.8 Å². The number of rotatable bonds is 5. The second-order valence-electron chi connectivity index (χ2n) is 4.48. The molecule has 1 aliphatic rings. The minimum Gasteiger partial charge on any atom is -0.480 e. The van der Waals surface area contributed by atoms with Gasteiger partial charge in [-0.1, -0.05) is 11.6 Å². The van der Waals surface area contributed by atoms with Gasteiger partial charge in [0.15, 0.2) is 5.69 Å². The van der Waals surface area contributed by atoms with Gasteiger partial charge < -0.3 is 10.4 Å². The Morgan fingerprint density at radius 3 is 3.05 bits per heavy atom. The number of hydrogen-bond acceptors (Lipinski definition) is 5. The largest absolute Gasteiger partial charge is 0.480 e. The Bertz CT molecular complexity index is 476. The van der Waals surface area contributed by atoms with Crippen LogP contribution in [-0.4, -0.2) is 49.5 Å². The molecule has 1 saturated carbocycles. The van der Waals surface area contributed by atoms with Gasteiger partial charge in [-0.05, 0) is 19.1 Å². The van der Waals surface area contributed by atoms with Crippen molar-refractivity contribution in [2.75, 3.05) is 6.26 Å². The number of thioether (sulfide) groups is 1. The van der Waals surface area contributed by atoms with E-state index in [2.05, 4.69) is 15.6 Å². The number of nitrogens with one attached hydrogen (secondary N) is 1. The number of aromatic nitrogens is 3. The van der Waals surface area contributed by atoms with Gasteiger partial charge in [0.05, 0.1) is 6.20 Å². The minimum absolute atomic E-state index is 0.159. The number of carbonyl (C=O) groups excluding carboxylic acids is 1. The molecule has 0 radical (unpaired) electrons. The molecule has 0 bridgehead atoms. The van der Waals surface area contributed by atoms with E-state index < -0.39 is 5.97 Å². The summed E-state index contributed by atoms with van der Waals surface area (Å²) in [5.74, 6) is -1.31. The number of aliphatic carboxylic acids is 1. The van der Waals surface area contributed by atoms with Crippen LogP contribution in [0, 0.1) is 0 Å². The highest BCUT2D eigenvalue weighted by molar-refractivity contribution is 7.99. The highest BCUT2D eigenvalue weighted by Gasteiger charge is 2.28. The molecule has 0 saturated heterocycles. The number of hydrogen-bond donors (Lipinski definition) is 2. The first kappa shape index (κ1) is 13.9. The van der Waals surface area contributed by atoms with E-state index in [-0.39, 0.29) is 24.2 Å². The topological polar surface area (TPSA) is 97.1 Å². The van der Waals surface area contributed by atoms with Crippen molar-refractivity contribution in [3.63, 3.8) is 0 Å². The van der Waals surface area contributed by atoms with Crippen LogP contribution in [0.4, 0.5) is 0 Å². The zero-order valence-corrected chi connectivity index (χ0v) is 11.4. The molecule has 2 unspecified atom stereocenters. The van der Waals surface area contributed by atoms with Crippen molar-refractivity contribution in [2.45, 2.75) is 37.1 Å². The molecule has 1 aromatic heterocycles. The van der Waals surface area contributed by atoms with E-state index in [1.54, 1.807) is 11.8 Å². The van der Waals surface area contributed by atoms with Gasteiger partial charge in [0.1, 0.15) is 6.54 Å². The molecule has 0 aliphatic heterocycles. The summed E-state index contributed by atoms with van der Waals surface area (Å²) < 4.78 is 1.14. The first-order valence-corrected chi connectivity index (χ1v) is 7.34. The van der Waals surface area contributed by atoms with Crippen LogP contribution in [0.15, 0.2) is 6.20 Å².